The lowest BCUT2D eigenvalue weighted by Crippen LogP contribution is -2.23. The summed E-state index contributed by atoms with van der Waals surface area (Å²) in [4.78, 5) is 11.9. The van der Waals surface area contributed by atoms with Crippen LogP contribution in [0.5, 0.6) is 0 Å². The van der Waals surface area contributed by atoms with Crippen LogP contribution in [-0.4, -0.2) is 11.6 Å². The highest BCUT2D eigenvalue weighted by Gasteiger charge is 2.17. The van der Waals surface area contributed by atoms with Crippen LogP contribution in [0, 0.1) is 11.3 Å². The lowest BCUT2D eigenvalue weighted by Gasteiger charge is -2.19. The van der Waals surface area contributed by atoms with Crippen LogP contribution in [0.25, 0.3) is 0 Å². The molecule has 0 spiro atoms. The second-order valence-electron chi connectivity index (χ2n) is 6.18. The minimum absolute atomic E-state index is 0.309. The minimum atomic E-state index is -0.497. The average molecular weight is 312 g/mol. The molecule has 0 bridgehead atoms. The fourth-order valence-corrected chi connectivity index (χ4v) is 1.96. The van der Waals surface area contributed by atoms with Gasteiger partial charge in [-0.25, -0.2) is 4.79 Å². The number of rotatable bonds is 5. The van der Waals surface area contributed by atoms with Crippen molar-refractivity contribution in [3.63, 3.8) is 0 Å². The molecule has 2 aromatic rings. The van der Waals surface area contributed by atoms with Gasteiger partial charge in [-0.05, 0) is 50.6 Å². The predicted octanol–water partition coefficient (Wildman–Crippen LogP) is 3.40. The molecule has 5 nitrogen and oxygen atoms in total. The van der Waals surface area contributed by atoms with Gasteiger partial charge in [0.1, 0.15) is 17.4 Å². The van der Waals surface area contributed by atoms with Crippen molar-refractivity contribution in [2.45, 2.75) is 39.5 Å². The summed E-state index contributed by atoms with van der Waals surface area (Å²) in [7, 11) is 0. The zero-order chi connectivity index (χ0) is 16.9. The number of hydrogen-bond acceptors (Lipinski definition) is 5. The molecule has 0 radical (unpaired) electrons. The van der Waals surface area contributed by atoms with Crippen molar-refractivity contribution in [3.8, 4) is 6.07 Å². The number of benzene rings is 1. The highest BCUT2D eigenvalue weighted by Crippen LogP contribution is 2.13. The summed E-state index contributed by atoms with van der Waals surface area (Å²) in [5, 5.41) is 11.9. The normalized spacial score (nSPS) is 11.0. The molecule has 1 heterocycles. The van der Waals surface area contributed by atoms with Crippen molar-refractivity contribution in [2.24, 2.45) is 0 Å². The van der Waals surface area contributed by atoms with Crippen molar-refractivity contribution in [1.29, 1.82) is 5.26 Å². The highest BCUT2D eigenvalue weighted by atomic mass is 16.6. The summed E-state index contributed by atoms with van der Waals surface area (Å²) >= 11 is 0. The summed E-state index contributed by atoms with van der Waals surface area (Å²) in [6.07, 6.45) is 0. The summed E-state index contributed by atoms with van der Waals surface area (Å²) in [5.41, 5.74) is 1.08. The van der Waals surface area contributed by atoms with Gasteiger partial charge in [-0.1, -0.05) is 12.1 Å². The van der Waals surface area contributed by atoms with Gasteiger partial charge < -0.3 is 14.5 Å². The number of carbonyl (C=O) groups is 1. The molecule has 0 amide bonds. The van der Waals surface area contributed by atoms with Gasteiger partial charge in [-0.15, -0.1) is 0 Å². The third-order valence-electron chi connectivity index (χ3n) is 2.99. The molecular formula is C18H20N2O3. The average Bonchev–Trinajstić information content (AvgIpc) is 2.94. The maximum absolute atomic E-state index is 11.9. The first-order chi connectivity index (χ1) is 10.9. The first-order valence-electron chi connectivity index (χ1n) is 7.39. The largest absolute Gasteiger partial charge is 0.456 e. The van der Waals surface area contributed by atoms with Crippen LogP contribution >= 0.6 is 0 Å². The smallest absolute Gasteiger partial charge is 0.338 e. The molecule has 5 heteroatoms. The Bertz CT molecular complexity index is 703. The zero-order valence-electron chi connectivity index (χ0n) is 13.6. The van der Waals surface area contributed by atoms with Gasteiger partial charge in [0.25, 0.3) is 0 Å². The van der Waals surface area contributed by atoms with Crippen molar-refractivity contribution >= 4 is 5.97 Å². The van der Waals surface area contributed by atoms with E-state index in [4.69, 9.17) is 14.4 Å². The van der Waals surface area contributed by atoms with E-state index >= 15 is 0 Å². The number of nitriles is 1. The van der Waals surface area contributed by atoms with Crippen LogP contribution in [-0.2, 0) is 17.8 Å². The number of esters is 1. The molecule has 0 aliphatic carbocycles. The van der Waals surface area contributed by atoms with Crippen LogP contribution in [0.4, 0.5) is 0 Å². The van der Waals surface area contributed by atoms with E-state index in [0.29, 0.717) is 30.2 Å². The molecule has 0 fully saturated rings. The maximum atomic E-state index is 11.9. The third kappa shape index (κ3) is 5.28. The topological polar surface area (TPSA) is 75.3 Å². The Balaban J connectivity index is 1.85. The lowest BCUT2D eigenvalue weighted by atomic mass is 10.1. The predicted molar refractivity (Wildman–Crippen MR) is 85.6 cm³/mol. The Kier molecular flexibility index (Phi) is 5.20. The molecule has 1 aromatic carbocycles. The summed E-state index contributed by atoms with van der Waals surface area (Å²) in [6.45, 7) is 6.70. The van der Waals surface area contributed by atoms with E-state index in [1.165, 1.54) is 0 Å². The zero-order valence-corrected chi connectivity index (χ0v) is 13.6. The third-order valence-corrected chi connectivity index (χ3v) is 2.99. The molecule has 2 rings (SSSR count). The molecule has 1 N–H and O–H groups in total. The second kappa shape index (κ2) is 7.12. The number of carbonyl (C=O) groups excluding carboxylic acids is 1. The quantitative estimate of drug-likeness (QED) is 0.856. The van der Waals surface area contributed by atoms with Crippen molar-refractivity contribution < 1.29 is 13.9 Å². The molecule has 0 saturated heterocycles. The van der Waals surface area contributed by atoms with Gasteiger partial charge >= 0.3 is 5.97 Å². The van der Waals surface area contributed by atoms with Gasteiger partial charge in [-0.2, -0.15) is 5.26 Å². The van der Waals surface area contributed by atoms with Crippen LogP contribution < -0.4 is 5.32 Å². The van der Waals surface area contributed by atoms with E-state index in [1.807, 2.05) is 39.0 Å². The molecular weight excluding hydrogens is 292 g/mol. The monoisotopic (exact) mass is 312 g/mol. The van der Waals surface area contributed by atoms with Gasteiger partial charge in [0, 0.05) is 6.54 Å². The molecule has 0 saturated carbocycles. The maximum Gasteiger partial charge on any atom is 0.338 e. The fraction of sp³-hybridized carbons (Fsp3) is 0.333. The molecule has 0 unspecified atom stereocenters. The van der Waals surface area contributed by atoms with E-state index in [-0.39, 0.29) is 5.97 Å². The fourth-order valence-electron chi connectivity index (χ4n) is 1.96. The van der Waals surface area contributed by atoms with Crippen molar-refractivity contribution in [2.75, 3.05) is 0 Å². The van der Waals surface area contributed by atoms with Crippen molar-refractivity contribution in [1.82, 2.24) is 5.32 Å². The summed E-state index contributed by atoms with van der Waals surface area (Å²) in [5.74, 6) is 0.701. The summed E-state index contributed by atoms with van der Waals surface area (Å²) < 4.78 is 10.6. The van der Waals surface area contributed by atoms with E-state index in [9.17, 15) is 4.79 Å². The standard InChI is InChI=1S/C18H20N2O3/c1-18(2,3)23-17(21)14-6-4-13(5-7-14)11-20-12-16-9-8-15(10-19)22-16/h4-9,20H,11-12H2,1-3H3. The Labute approximate surface area is 135 Å². The number of nitrogens with one attached hydrogen (secondary N) is 1. The van der Waals surface area contributed by atoms with E-state index < -0.39 is 5.60 Å². The van der Waals surface area contributed by atoms with Crippen LogP contribution in [0.2, 0.25) is 0 Å². The second-order valence-corrected chi connectivity index (χ2v) is 6.18. The van der Waals surface area contributed by atoms with E-state index in [2.05, 4.69) is 5.32 Å². The molecule has 0 atom stereocenters. The Morgan fingerprint density at radius 2 is 1.87 bits per heavy atom. The van der Waals surface area contributed by atoms with Gasteiger partial charge in [0.2, 0.25) is 5.76 Å². The molecule has 0 aliphatic rings. The van der Waals surface area contributed by atoms with Gasteiger partial charge in [0.05, 0.1) is 12.1 Å². The number of furan rings is 1. The van der Waals surface area contributed by atoms with Crippen molar-refractivity contribution in [3.05, 3.63) is 59.0 Å². The lowest BCUT2D eigenvalue weighted by molar-refractivity contribution is 0.00695. The Morgan fingerprint density at radius 3 is 2.43 bits per heavy atom. The molecule has 1 aromatic heterocycles. The SMILES string of the molecule is CC(C)(C)OC(=O)c1ccc(CNCc2ccc(C#N)o2)cc1. The minimum Gasteiger partial charge on any atom is -0.456 e. The first-order valence-corrected chi connectivity index (χ1v) is 7.39. The van der Waals surface area contributed by atoms with E-state index in [1.54, 1.807) is 24.3 Å². The first kappa shape index (κ1) is 16.8. The van der Waals surface area contributed by atoms with E-state index in [0.717, 1.165) is 5.56 Å². The van der Waals surface area contributed by atoms with Crippen LogP contribution in [0.1, 0.15) is 48.2 Å². The number of hydrogen-bond donors (Lipinski definition) is 1. The van der Waals surface area contributed by atoms with Crippen LogP contribution in [0.15, 0.2) is 40.8 Å². The van der Waals surface area contributed by atoms with Gasteiger partial charge in [0.15, 0.2) is 0 Å². The molecule has 23 heavy (non-hydrogen) atoms. The molecule has 120 valence electrons. The number of nitrogens with zero attached hydrogens (tertiary/aromatic N) is 1. The highest BCUT2D eigenvalue weighted by molar-refractivity contribution is 5.89. The van der Waals surface area contributed by atoms with Gasteiger partial charge in [-0.3, -0.25) is 0 Å². The number of ether oxygens (including phenoxy) is 1. The summed E-state index contributed by atoms with van der Waals surface area (Å²) in [6, 6.07) is 12.6. The Hall–Kier alpha value is -2.58. The molecule has 0 aliphatic heterocycles. The van der Waals surface area contributed by atoms with Crippen LogP contribution in [0.3, 0.4) is 0 Å². The Morgan fingerprint density at radius 1 is 1.17 bits per heavy atom.